The van der Waals surface area contributed by atoms with Crippen LogP contribution >= 0.6 is 0 Å². The van der Waals surface area contributed by atoms with Crippen molar-refractivity contribution in [2.75, 3.05) is 13.1 Å². The van der Waals surface area contributed by atoms with Gasteiger partial charge in [-0.05, 0) is 32.6 Å². The zero-order valence-electron chi connectivity index (χ0n) is 12.4. The van der Waals surface area contributed by atoms with E-state index in [1.54, 1.807) is 4.90 Å². The molecule has 0 aromatic heterocycles. The maximum atomic E-state index is 12.1. The average Bonchev–Trinajstić information content (AvgIpc) is 2.70. The molecule has 0 aromatic carbocycles. The van der Waals surface area contributed by atoms with Crippen LogP contribution in [0.4, 0.5) is 0 Å². The number of rotatable bonds is 5. The lowest BCUT2D eigenvalue weighted by molar-refractivity contribution is -0.151. The molecule has 1 atom stereocenters. The summed E-state index contributed by atoms with van der Waals surface area (Å²) in [6, 6.07) is 0. The average molecular weight is 270 g/mol. The number of hydrogen-bond donors (Lipinski definition) is 2. The van der Waals surface area contributed by atoms with E-state index in [1.165, 1.54) is 0 Å². The number of nitrogens with zero attached hydrogens (tertiary/aromatic N) is 1. The fraction of sp³-hybridized carbons (Fsp3) is 0.857. The van der Waals surface area contributed by atoms with Gasteiger partial charge in [0.1, 0.15) is 0 Å². The van der Waals surface area contributed by atoms with Gasteiger partial charge in [0.05, 0.1) is 5.41 Å². The Kier molecular flexibility index (Phi) is 4.61. The zero-order valence-corrected chi connectivity index (χ0v) is 12.4. The van der Waals surface area contributed by atoms with Gasteiger partial charge in [-0.2, -0.15) is 0 Å². The summed E-state index contributed by atoms with van der Waals surface area (Å²) < 4.78 is 0. The molecule has 1 aliphatic heterocycles. The highest BCUT2D eigenvalue weighted by Crippen LogP contribution is 2.38. The molecular weight excluding hydrogens is 244 g/mol. The molecule has 0 radical (unpaired) electrons. The summed E-state index contributed by atoms with van der Waals surface area (Å²) in [5.41, 5.74) is 4.72. The van der Waals surface area contributed by atoms with Crippen LogP contribution in [0.25, 0.3) is 0 Å². The third-order valence-corrected chi connectivity index (χ3v) is 4.17. The number of carbonyl (C=O) groups is 2. The molecule has 1 aliphatic rings. The van der Waals surface area contributed by atoms with Crippen molar-refractivity contribution in [3.05, 3.63) is 0 Å². The van der Waals surface area contributed by atoms with Gasteiger partial charge < -0.3 is 15.7 Å². The standard InChI is InChI=1S/C14H26N2O3/c1-10(2)14(12(18)19)7-8-16(9-14)11(17)5-6-13(3,4)15/h10H,5-9,15H2,1-4H3,(H,18,19). The van der Waals surface area contributed by atoms with E-state index in [2.05, 4.69) is 0 Å². The lowest BCUT2D eigenvalue weighted by Gasteiger charge is -2.29. The van der Waals surface area contributed by atoms with Crippen LogP contribution in [0, 0.1) is 11.3 Å². The highest BCUT2D eigenvalue weighted by molar-refractivity contribution is 5.81. The largest absolute Gasteiger partial charge is 0.481 e. The van der Waals surface area contributed by atoms with E-state index in [9.17, 15) is 14.7 Å². The lowest BCUT2D eigenvalue weighted by atomic mass is 9.76. The van der Waals surface area contributed by atoms with Crippen LogP contribution in [0.2, 0.25) is 0 Å². The summed E-state index contributed by atoms with van der Waals surface area (Å²) in [5, 5.41) is 9.43. The van der Waals surface area contributed by atoms with E-state index in [4.69, 9.17) is 5.73 Å². The van der Waals surface area contributed by atoms with Crippen molar-refractivity contribution in [1.82, 2.24) is 4.90 Å². The summed E-state index contributed by atoms with van der Waals surface area (Å²) in [5.74, 6) is -0.756. The molecule has 1 amide bonds. The first-order valence-corrected chi connectivity index (χ1v) is 6.88. The molecule has 0 saturated carbocycles. The minimum atomic E-state index is -0.794. The number of carboxylic acids is 1. The molecule has 3 N–H and O–H groups in total. The highest BCUT2D eigenvalue weighted by atomic mass is 16.4. The number of carbonyl (C=O) groups excluding carboxylic acids is 1. The molecule has 19 heavy (non-hydrogen) atoms. The Morgan fingerprint density at radius 3 is 2.37 bits per heavy atom. The van der Waals surface area contributed by atoms with Crippen molar-refractivity contribution in [2.45, 2.75) is 52.5 Å². The maximum Gasteiger partial charge on any atom is 0.311 e. The van der Waals surface area contributed by atoms with Crippen LogP contribution < -0.4 is 5.73 Å². The molecule has 1 fully saturated rings. The molecule has 1 saturated heterocycles. The minimum Gasteiger partial charge on any atom is -0.481 e. The van der Waals surface area contributed by atoms with Gasteiger partial charge in [0.2, 0.25) is 5.91 Å². The number of likely N-dealkylation sites (tertiary alicyclic amines) is 1. The Morgan fingerprint density at radius 2 is 2.00 bits per heavy atom. The summed E-state index contributed by atoms with van der Waals surface area (Å²) in [6.45, 7) is 8.45. The van der Waals surface area contributed by atoms with E-state index in [0.717, 1.165) is 0 Å². The molecule has 1 unspecified atom stereocenters. The number of hydrogen-bond acceptors (Lipinski definition) is 3. The normalized spacial score (nSPS) is 24.0. The molecule has 0 bridgehead atoms. The van der Waals surface area contributed by atoms with Crippen molar-refractivity contribution in [3.8, 4) is 0 Å². The first-order valence-electron chi connectivity index (χ1n) is 6.88. The molecular formula is C14H26N2O3. The Bertz CT molecular complexity index is 360. The van der Waals surface area contributed by atoms with Crippen LogP contribution in [-0.4, -0.2) is 40.5 Å². The Balaban J connectivity index is 2.65. The molecule has 5 nitrogen and oxygen atoms in total. The molecule has 0 spiro atoms. The van der Waals surface area contributed by atoms with Gasteiger partial charge in [0, 0.05) is 25.0 Å². The quantitative estimate of drug-likeness (QED) is 0.792. The van der Waals surface area contributed by atoms with E-state index in [-0.39, 0.29) is 17.4 Å². The van der Waals surface area contributed by atoms with Crippen LogP contribution in [0.15, 0.2) is 0 Å². The van der Waals surface area contributed by atoms with E-state index < -0.39 is 11.4 Å². The van der Waals surface area contributed by atoms with E-state index >= 15 is 0 Å². The number of carboxylic acid groups (broad SMARTS) is 1. The van der Waals surface area contributed by atoms with Gasteiger partial charge in [-0.25, -0.2) is 0 Å². The van der Waals surface area contributed by atoms with Crippen LogP contribution in [0.3, 0.4) is 0 Å². The molecule has 5 heteroatoms. The fourth-order valence-corrected chi connectivity index (χ4v) is 2.53. The molecule has 1 rings (SSSR count). The topological polar surface area (TPSA) is 83.6 Å². The van der Waals surface area contributed by atoms with Crippen molar-refractivity contribution in [3.63, 3.8) is 0 Å². The highest BCUT2D eigenvalue weighted by Gasteiger charge is 2.48. The molecule has 0 aliphatic carbocycles. The van der Waals surface area contributed by atoms with Crippen molar-refractivity contribution >= 4 is 11.9 Å². The van der Waals surface area contributed by atoms with Gasteiger partial charge in [-0.15, -0.1) is 0 Å². The first-order chi connectivity index (χ1) is 8.58. The van der Waals surface area contributed by atoms with Crippen LogP contribution in [-0.2, 0) is 9.59 Å². The van der Waals surface area contributed by atoms with E-state index in [0.29, 0.717) is 32.4 Å². The molecule has 1 heterocycles. The predicted molar refractivity (Wildman–Crippen MR) is 73.6 cm³/mol. The maximum absolute atomic E-state index is 12.1. The lowest BCUT2D eigenvalue weighted by Crippen LogP contribution is -2.41. The van der Waals surface area contributed by atoms with Gasteiger partial charge in [0.25, 0.3) is 0 Å². The van der Waals surface area contributed by atoms with Crippen molar-refractivity contribution < 1.29 is 14.7 Å². The first kappa shape index (κ1) is 16.0. The zero-order chi connectivity index (χ0) is 14.8. The number of aliphatic carboxylic acids is 1. The third kappa shape index (κ3) is 3.69. The second-order valence-electron chi connectivity index (χ2n) is 6.67. The molecule has 0 aromatic rings. The second-order valence-corrected chi connectivity index (χ2v) is 6.67. The smallest absolute Gasteiger partial charge is 0.311 e. The summed E-state index contributed by atoms with van der Waals surface area (Å²) in [7, 11) is 0. The van der Waals surface area contributed by atoms with Gasteiger partial charge >= 0.3 is 5.97 Å². The molecule has 110 valence electrons. The monoisotopic (exact) mass is 270 g/mol. The van der Waals surface area contributed by atoms with Crippen molar-refractivity contribution in [2.24, 2.45) is 17.1 Å². The summed E-state index contributed by atoms with van der Waals surface area (Å²) in [4.78, 5) is 25.3. The summed E-state index contributed by atoms with van der Waals surface area (Å²) >= 11 is 0. The van der Waals surface area contributed by atoms with Gasteiger partial charge in [-0.3, -0.25) is 9.59 Å². The van der Waals surface area contributed by atoms with Gasteiger partial charge in [0.15, 0.2) is 0 Å². The Morgan fingerprint density at radius 1 is 1.42 bits per heavy atom. The number of nitrogens with two attached hydrogens (primary N) is 1. The summed E-state index contributed by atoms with van der Waals surface area (Å²) in [6.07, 6.45) is 1.54. The number of amides is 1. The van der Waals surface area contributed by atoms with Crippen LogP contribution in [0.1, 0.15) is 47.0 Å². The Hall–Kier alpha value is -1.10. The van der Waals surface area contributed by atoms with Gasteiger partial charge in [-0.1, -0.05) is 13.8 Å². The fourth-order valence-electron chi connectivity index (χ4n) is 2.53. The van der Waals surface area contributed by atoms with E-state index in [1.807, 2.05) is 27.7 Å². The van der Waals surface area contributed by atoms with Crippen molar-refractivity contribution in [1.29, 1.82) is 0 Å². The minimum absolute atomic E-state index is 0.0160. The Labute approximate surface area is 115 Å². The SMILES string of the molecule is CC(C)C1(C(=O)O)CCN(C(=O)CCC(C)(C)N)C1. The third-order valence-electron chi connectivity index (χ3n) is 4.17. The predicted octanol–water partition coefficient (Wildman–Crippen LogP) is 1.46. The van der Waals surface area contributed by atoms with Crippen LogP contribution in [0.5, 0.6) is 0 Å². The second kappa shape index (κ2) is 5.49.